The lowest BCUT2D eigenvalue weighted by Crippen LogP contribution is -2.35. The Morgan fingerprint density at radius 1 is 1.41 bits per heavy atom. The lowest BCUT2D eigenvalue weighted by atomic mass is 9.98. The van der Waals surface area contributed by atoms with E-state index in [0.717, 1.165) is 17.7 Å². The molecule has 0 aliphatic carbocycles. The topological polar surface area (TPSA) is 21.3 Å². The van der Waals surface area contributed by atoms with Gasteiger partial charge in [0.1, 0.15) is 0 Å². The van der Waals surface area contributed by atoms with Crippen molar-refractivity contribution in [3.05, 3.63) is 34.3 Å². The fraction of sp³-hybridized carbons (Fsp3) is 0.571. The van der Waals surface area contributed by atoms with E-state index in [1.807, 2.05) is 0 Å². The highest BCUT2D eigenvalue weighted by atomic mass is 79.9. The van der Waals surface area contributed by atoms with E-state index in [2.05, 4.69) is 59.4 Å². The number of hydrogen-bond acceptors (Lipinski definition) is 2. The molecule has 0 amide bonds. The fourth-order valence-corrected chi connectivity index (χ4v) is 2.77. The molecular formula is C14H20BrNO. The Kier molecular flexibility index (Phi) is 4.60. The van der Waals surface area contributed by atoms with Crippen LogP contribution in [-0.2, 0) is 4.74 Å². The summed E-state index contributed by atoms with van der Waals surface area (Å²) in [5, 5.41) is 3.66. The monoisotopic (exact) mass is 297 g/mol. The maximum atomic E-state index is 5.44. The van der Waals surface area contributed by atoms with Gasteiger partial charge < -0.3 is 10.1 Å². The van der Waals surface area contributed by atoms with Gasteiger partial charge in [0.25, 0.3) is 0 Å². The van der Waals surface area contributed by atoms with E-state index < -0.39 is 0 Å². The van der Waals surface area contributed by atoms with E-state index in [9.17, 15) is 0 Å². The summed E-state index contributed by atoms with van der Waals surface area (Å²) in [6.45, 7) is 6.29. The maximum absolute atomic E-state index is 5.44. The number of benzene rings is 1. The predicted octanol–water partition coefficient (Wildman–Crippen LogP) is 3.52. The van der Waals surface area contributed by atoms with Crippen molar-refractivity contribution >= 4 is 15.9 Å². The maximum Gasteiger partial charge on any atom is 0.0509 e. The summed E-state index contributed by atoms with van der Waals surface area (Å²) in [5.74, 6) is 0.657. The Bertz CT molecular complexity index is 363. The zero-order chi connectivity index (χ0) is 12.3. The van der Waals surface area contributed by atoms with E-state index >= 15 is 0 Å². The number of hydrogen-bond donors (Lipinski definition) is 1. The number of nitrogens with one attached hydrogen (secondary N) is 1. The van der Waals surface area contributed by atoms with Crippen LogP contribution in [0.1, 0.15) is 31.9 Å². The Balaban J connectivity index is 1.93. The van der Waals surface area contributed by atoms with Crippen LogP contribution in [0.5, 0.6) is 0 Å². The first-order valence-electron chi connectivity index (χ1n) is 6.26. The molecule has 1 saturated heterocycles. The summed E-state index contributed by atoms with van der Waals surface area (Å²) in [5.41, 5.74) is 1.32. The zero-order valence-corrected chi connectivity index (χ0v) is 12.0. The largest absolute Gasteiger partial charge is 0.381 e. The van der Waals surface area contributed by atoms with Crippen molar-refractivity contribution in [3.63, 3.8) is 0 Å². The normalized spacial score (nSPS) is 23.6. The Morgan fingerprint density at radius 3 is 2.88 bits per heavy atom. The van der Waals surface area contributed by atoms with Gasteiger partial charge in [0, 0.05) is 23.2 Å². The van der Waals surface area contributed by atoms with E-state index in [0.29, 0.717) is 18.0 Å². The molecule has 0 spiro atoms. The van der Waals surface area contributed by atoms with Gasteiger partial charge in [-0.3, -0.25) is 0 Å². The van der Waals surface area contributed by atoms with Gasteiger partial charge in [-0.2, -0.15) is 0 Å². The molecule has 1 aliphatic rings. The van der Waals surface area contributed by atoms with Crippen molar-refractivity contribution < 1.29 is 4.74 Å². The highest BCUT2D eigenvalue weighted by Crippen LogP contribution is 2.22. The van der Waals surface area contributed by atoms with Crippen LogP contribution in [0, 0.1) is 5.92 Å². The van der Waals surface area contributed by atoms with Gasteiger partial charge >= 0.3 is 0 Å². The van der Waals surface area contributed by atoms with Gasteiger partial charge in [0.05, 0.1) is 6.61 Å². The third-order valence-electron chi connectivity index (χ3n) is 3.53. The van der Waals surface area contributed by atoms with Crippen molar-refractivity contribution in [3.8, 4) is 0 Å². The molecule has 0 radical (unpaired) electrons. The van der Waals surface area contributed by atoms with Crippen LogP contribution in [0.4, 0.5) is 0 Å². The molecule has 0 saturated carbocycles. The predicted molar refractivity (Wildman–Crippen MR) is 74.1 cm³/mol. The summed E-state index contributed by atoms with van der Waals surface area (Å²) in [6.07, 6.45) is 1.18. The highest BCUT2D eigenvalue weighted by Gasteiger charge is 2.23. The summed E-state index contributed by atoms with van der Waals surface area (Å²) in [4.78, 5) is 0. The molecule has 0 bridgehead atoms. The van der Waals surface area contributed by atoms with Gasteiger partial charge in [-0.25, -0.2) is 0 Å². The summed E-state index contributed by atoms with van der Waals surface area (Å²) in [7, 11) is 0. The third-order valence-corrected chi connectivity index (χ3v) is 4.03. The second kappa shape index (κ2) is 5.98. The molecule has 1 aromatic carbocycles. The molecule has 17 heavy (non-hydrogen) atoms. The SMILES string of the molecule is CC(N[C@H](C)c1cccc(Br)c1)C1CCOC1. The van der Waals surface area contributed by atoms with Crippen LogP contribution in [0.2, 0.25) is 0 Å². The number of halogens is 1. The molecule has 2 unspecified atom stereocenters. The molecule has 0 aromatic heterocycles. The van der Waals surface area contributed by atoms with Crippen LogP contribution < -0.4 is 5.32 Å². The van der Waals surface area contributed by atoms with Crippen LogP contribution in [0.3, 0.4) is 0 Å². The van der Waals surface area contributed by atoms with Gasteiger partial charge in [-0.05, 0) is 43.9 Å². The molecule has 2 nitrogen and oxygen atoms in total. The molecule has 3 heteroatoms. The van der Waals surface area contributed by atoms with E-state index in [4.69, 9.17) is 4.74 Å². The lowest BCUT2D eigenvalue weighted by molar-refractivity contribution is 0.177. The second-order valence-corrected chi connectivity index (χ2v) is 5.77. The molecule has 1 fully saturated rings. The zero-order valence-electron chi connectivity index (χ0n) is 10.4. The van der Waals surface area contributed by atoms with Crippen molar-refractivity contribution in [2.24, 2.45) is 5.92 Å². The molecule has 94 valence electrons. The molecular weight excluding hydrogens is 278 g/mol. The van der Waals surface area contributed by atoms with Gasteiger partial charge in [-0.15, -0.1) is 0 Å². The summed E-state index contributed by atoms with van der Waals surface area (Å²) in [6, 6.07) is 9.37. The van der Waals surface area contributed by atoms with Gasteiger partial charge in [0.15, 0.2) is 0 Å². The van der Waals surface area contributed by atoms with E-state index in [-0.39, 0.29) is 0 Å². The van der Waals surface area contributed by atoms with Crippen molar-refractivity contribution in [2.75, 3.05) is 13.2 Å². The van der Waals surface area contributed by atoms with Crippen molar-refractivity contribution in [1.82, 2.24) is 5.32 Å². The molecule has 1 heterocycles. The number of ether oxygens (including phenoxy) is 1. The van der Waals surface area contributed by atoms with Crippen LogP contribution in [-0.4, -0.2) is 19.3 Å². The summed E-state index contributed by atoms with van der Waals surface area (Å²) < 4.78 is 6.58. The van der Waals surface area contributed by atoms with Crippen molar-refractivity contribution in [1.29, 1.82) is 0 Å². The van der Waals surface area contributed by atoms with Crippen molar-refractivity contribution in [2.45, 2.75) is 32.4 Å². The first-order chi connectivity index (χ1) is 8.16. The molecule has 2 rings (SSSR count). The molecule has 3 atom stereocenters. The van der Waals surface area contributed by atoms with Crippen LogP contribution >= 0.6 is 15.9 Å². The second-order valence-electron chi connectivity index (χ2n) is 4.86. The van der Waals surface area contributed by atoms with Crippen LogP contribution in [0.25, 0.3) is 0 Å². The average Bonchev–Trinajstić information content (AvgIpc) is 2.82. The Hall–Kier alpha value is -0.380. The first kappa shape index (κ1) is 13.1. The summed E-state index contributed by atoms with van der Waals surface area (Å²) >= 11 is 3.52. The number of rotatable bonds is 4. The quantitative estimate of drug-likeness (QED) is 0.918. The highest BCUT2D eigenvalue weighted by molar-refractivity contribution is 9.10. The van der Waals surface area contributed by atoms with Gasteiger partial charge in [0.2, 0.25) is 0 Å². The third kappa shape index (κ3) is 3.54. The van der Waals surface area contributed by atoms with Gasteiger partial charge in [-0.1, -0.05) is 28.1 Å². The average molecular weight is 298 g/mol. The molecule has 1 aromatic rings. The minimum atomic E-state index is 0.378. The molecule has 1 N–H and O–H groups in total. The van der Waals surface area contributed by atoms with E-state index in [1.54, 1.807) is 0 Å². The first-order valence-corrected chi connectivity index (χ1v) is 7.05. The fourth-order valence-electron chi connectivity index (χ4n) is 2.35. The smallest absolute Gasteiger partial charge is 0.0509 e. The lowest BCUT2D eigenvalue weighted by Gasteiger charge is -2.24. The molecule has 1 aliphatic heterocycles. The minimum Gasteiger partial charge on any atom is -0.381 e. The standard InChI is InChI=1S/C14H20BrNO/c1-10(12-4-3-5-14(15)8-12)16-11(2)13-6-7-17-9-13/h3-5,8,10-11,13,16H,6-7,9H2,1-2H3/t10-,11?,13?/m1/s1. The Morgan fingerprint density at radius 2 is 2.24 bits per heavy atom. The Labute approximate surface area is 112 Å². The van der Waals surface area contributed by atoms with E-state index in [1.165, 1.54) is 12.0 Å². The minimum absolute atomic E-state index is 0.378. The van der Waals surface area contributed by atoms with Crippen LogP contribution in [0.15, 0.2) is 28.7 Å².